The summed E-state index contributed by atoms with van der Waals surface area (Å²) < 4.78 is 55.1. The van der Waals surface area contributed by atoms with Crippen molar-refractivity contribution < 1.29 is 27.5 Å². The molecule has 0 aliphatic heterocycles. The summed E-state index contributed by atoms with van der Waals surface area (Å²) in [6.45, 7) is 0. The topological polar surface area (TPSA) is 68.5 Å². The Bertz CT molecular complexity index is 919. The highest BCUT2D eigenvalue weighted by atomic mass is 19.2. The first-order chi connectivity index (χ1) is 11.1. The van der Waals surface area contributed by atoms with E-state index in [4.69, 9.17) is 9.22 Å². The molecule has 5 nitrogen and oxygen atoms in total. The predicted octanol–water partition coefficient (Wildman–Crippen LogP) is 2.32. The molecule has 1 aliphatic carbocycles. The molecule has 1 saturated carbocycles. The fraction of sp³-hybridized carbons (Fsp3) is 0.286. The first-order valence-electron chi connectivity index (χ1n) is 7.59. The number of halogens is 2. The van der Waals surface area contributed by atoms with E-state index in [1.54, 1.807) is 0 Å². The Labute approximate surface area is 121 Å². The van der Waals surface area contributed by atoms with Gasteiger partial charge < -0.3 is 14.4 Å². The van der Waals surface area contributed by atoms with E-state index in [9.17, 15) is 18.4 Å². The quantitative estimate of drug-likeness (QED) is 0.883. The third-order valence-electron chi connectivity index (χ3n) is 3.44. The molecular weight excluding hydrogens is 285 g/mol. The Morgan fingerprint density at radius 2 is 2.24 bits per heavy atom. The zero-order valence-corrected chi connectivity index (χ0v) is 10.5. The van der Waals surface area contributed by atoms with Crippen molar-refractivity contribution in [2.45, 2.75) is 18.9 Å². The molecule has 0 atom stereocenters. The van der Waals surface area contributed by atoms with Gasteiger partial charge in [-0.15, -0.1) is 0 Å². The largest absolute Gasteiger partial charge is 0.491 e. The molecule has 0 unspecified atom stereocenters. The number of carbonyl (C=O) groups is 1. The molecule has 1 aliphatic rings. The Morgan fingerprint density at radius 3 is 2.81 bits per heavy atom. The lowest BCUT2D eigenvalue weighted by Crippen LogP contribution is -2.19. The van der Waals surface area contributed by atoms with Crippen LogP contribution in [0, 0.1) is 11.6 Å². The van der Waals surface area contributed by atoms with Gasteiger partial charge in [-0.25, -0.2) is 9.18 Å². The van der Waals surface area contributed by atoms with Crippen molar-refractivity contribution in [3.63, 3.8) is 0 Å². The van der Waals surface area contributed by atoms with Crippen molar-refractivity contribution in [3.8, 4) is 5.75 Å². The summed E-state index contributed by atoms with van der Waals surface area (Å²) in [6, 6.07) is 0.319. The molecule has 0 saturated heterocycles. The summed E-state index contributed by atoms with van der Waals surface area (Å²) >= 11 is 0. The van der Waals surface area contributed by atoms with Gasteiger partial charge in [0.05, 0.1) is 22.1 Å². The van der Waals surface area contributed by atoms with Gasteiger partial charge in [-0.2, -0.15) is 4.39 Å². The van der Waals surface area contributed by atoms with Gasteiger partial charge in [-0.3, -0.25) is 4.79 Å². The van der Waals surface area contributed by atoms with E-state index < -0.39 is 46.8 Å². The summed E-state index contributed by atoms with van der Waals surface area (Å²) in [7, 11) is -3.07. The van der Waals surface area contributed by atoms with E-state index in [-0.39, 0.29) is 11.6 Å². The molecule has 1 N–H and O–H groups in total. The second kappa shape index (κ2) is 4.54. The number of rotatable bonds is 3. The number of hydrogen-bond donors (Lipinski definition) is 1. The Hall–Kier alpha value is -2.44. The van der Waals surface area contributed by atoms with E-state index in [2.05, 4.69) is 4.74 Å². The Kier molecular flexibility index (Phi) is 2.23. The van der Waals surface area contributed by atoms with Crippen LogP contribution in [0.1, 0.15) is 33.4 Å². The van der Waals surface area contributed by atoms with Crippen LogP contribution in [0.2, 0.25) is 0 Å². The van der Waals surface area contributed by atoms with Gasteiger partial charge in [0.25, 0.3) is 0 Å². The average molecular weight is 299 g/mol. The molecule has 0 radical (unpaired) electrons. The van der Waals surface area contributed by atoms with E-state index in [1.165, 1.54) is 4.57 Å². The third kappa shape index (κ3) is 1.96. The molecule has 21 heavy (non-hydrogen) atoms. The number of carboxylic acids is 1. The monoisotopic (exact) mass is 299 g/mol. The maximum Gasteiger partial charge on any atom is 0.341 e. The molecule has 1 fully saturated rings. The van der Waals surface area contributed by atoms with Crippen LogP contribution in [-0.2, 0) is 0 Å². The summed E-state index contributed by atoms with van der Waals surface area (Å²) in [5, 5.41) is 8.68. The summed E-state index contributed by atoms with van der Waals surface area (Å²) in [4.78, 5) is 23.5. The van der Waals surface area contributed by atoms with Crippen molar-refractivity contribution in [1.82, 2.24) is 4.57 Å². The van der Waals surface area contributed by atoms with E-state index in [0.29, 0.717) is 18.9 Å². The van der Waals surface area contributed by atoms with Crippen LogP contribution in [0.4, 0.5) is 8.78 Å². The van der Waals surface area contributed by atoms with Crippen LogP contribution in [0.25, 0.3) is 10.9 Å². The highest BCUT2D eigenvalue weighted by Gasteiger charge is 2.30. The number of methoxy groups -OCH3 is 1. The van der Waals surface area contributed by atoms with Crippen LogP contribution in [0.5, 0.6) is 5.75 Å². The van der Waals surface area contributed by atoms with Crippen molar-refractivity contribution in [3.05, 3.63) is 39.7 Å². The van der Waals surface area contributed by atoms with Crippen LogP contribution in [0.15, 0.2) is 17.1 Å². The minimum atomic E-state index is -3.07. The number of benzene rings is 1. The molecule has 3 rings (SSSR count). The molecule has 0 amide bonds. The second-order valence-corrected chi connectivity index (χ2v) is 4.82. The summed E-state index contributed by atoms with van der Waals surface area (Å²) in [6.07, 6.45) is 2.26. The second-order valence-electron chi connectivity index (χ2n) is 4.82. The number of pyridine rings is 1. The third-order valence-corrected chi connectivity index (χ3v) is 3.44. The van der Waals surface area contributed by atoms with Crippen LogP contribution in [0.3, 0.4) is 0 Å². The SMILES string of the molecule is [2H][13C]([2H])([2H])Oc1c(F)c(F)cc2c(=O)c(C(=O)O)cn(C3CC3)c12. The maximum atomic E-state index is 14.1. The molecule has 1 aromatic carbocycles. The van der Waals surface area contributed by atoms with Crippen molar-refractivity contribution in [2.24, 2.45) is 0 Å². The van der Waals surface area contributed by atoms with Crippen LogP contribution in [-0.4, -0.2) is 22.7 Å². The lowest BCUT2D eigenvalue weighted by molar-refractivity contribution is 0.0695. The minimum Gasteiger partial charge on any atom is -0.491 e. The number of aromatic carboxylic acids is 1. The number of nitrogens with zero attached hydrogens (tertiary/aromatic N) is 1. The molecule has 0 spiro atoms. The van der Waals surface area contributed by atoms with E-state index in [0.717, 1.165) is 6.20 Å². The Morgan fingerprint density at radius 1 is 1.52 bits per heavy atom. The molecule has 2 aromatic rings. The predicted molar refractivity (Wildman–Crippen MR) is 69.9 cm³/mol. The summed E-state index contributed by atoms with van der Waals surface area (Å²) in [5.74, 6) is -5.48. The zero-order chi connectivity index (χ0) is 17.8. The number of ether oxygens (including phenoxy) is 1. The number of hydrogen-bond acceptors (Lipinski definition) is 3. The zero-order valence-electron chi connectivity index (χ0n) is 13.5. The average Bonchev–Trinajstić information content (AvgIpc) is 3.28. The standard InChI is InChI=1S/C14H11F2NO4/c1-21-13-10(16)9(15)4-7-11(13)17(6-2-3-6)5-8(12(7)18)14(19)20/h4-6H,2-3H2,1H3,(H,19,20)/i1+1D3. The summed E-state index contributed by atoms with van der Waals surface area (Å²) in [5.41, 5.74) is -1.91. The highest BCUT2D eigenvalue weighted by molar-refractivity contribution is 5.94. The fourth-order valence-electron chi connectivity index (χ4n) is 2.32. The van der Waals surface area contributed by atoms with Gasteiger partial charge in [0.2, 0.25) is 11.2 Å². The minimum absolute atomic E-state index is 0.241. The number of aromatic nitrogens is 1. The van der Waals surface area contributed by atoms with Gasteiger partial charge in [-0.05, 0) is 18.9 Å². The molecule has 0 bridgehead atoms. The smallest absolute Gasteiger partial charge is 0.341 e. The molecule has 1 aromatic heterocycles. The maximum absolute atomic E-state index is 14.1. The Balaban J connectivity index is 2.46. The number of fused-ring (bicyclic) bond motifs is 1. The molecule has 1 heterocycles. The first-order valence-corrected chi connectivity index (χ1v) is 6.09. The first kappa shape index (κ1) is 10.3. The van der Waals surface area contributed by atoms with Gasteiger partial charge in [0, 0.05) is 12.2 Å². The van der Waals surface area contributed by atoms with Gasteiger partial charge in [0.15, 0.2) is 11.6 Å². The molecule has 110 valence electrons. The molecule has 7 heteroatoms. The van der Waals surface area contributed by atoms with E-state index >= 15 is 0 Å². The normalized spacial score (nSPS) is 17.1. The van der Waals surface area contributed by atoms with Crippen molar-refractivity contribution >= 4 is 16.9 Å². The van der Waals surface area contributed by atoms with Crippen LogP contribution >= 0.6 is 0 Å². The van der Waals surface area contributed by atoms with E-state index in [1.807, 2.05) is 0 Å². The van der Waals surface area contributed by atoms with Crippen LogP contribution < -0.4 is 10.2 Å². The van der Waals surface area contributed by atoms with Crippen molar-refractivity contribution in [2.75, 3.05) is 7.04 Å². The lowest BCUT2D eigenvalue weighted by Gasteiger charge is -2.15. The molecular formula is C14H11F2NO4. The lowest BCUT2D eigenvalue weighted by atomic mass is 10.1. The number of carboxylic acid groups (broad SMARTS) is 1. The van der Waals surface area contributed by atoms with Gasteiger partial charge in [-0.1, -0.05) is 0 Å². The van der Waals surface area contributed by atoms with Gasteiger partial charge in [0.1, 0.15) is 5.56 Å². The fourth-order valence-corrected chi connectivity index (χ4v) is 2.32. The highest BCUT2D eigenvalue weighted by Crippen LogP contribution is 2.40. The van der Waals surface area contributed by atoms with Gasteiger partial charge >= 0.3 is 5.97 Å². The van der Waals surface area contributed by atoms with Crippen molar-refractivity contribution in [1.29, 1.82) is 0 Å².